The highest BCUT2D eigenvalue weighted by Crippen LogP contribution is 2.15. The molecule has 0 saturated heterocycles. The van der Waals surface area contributed by atoms with Gasteiger partial charge in [0.1, 0.15) is 6.04 Å². The predicted molar refractivity (Wildman–Crippen MR) is 74.0 cm³/mol. The maximum atomic E-state index is 12.1. The lowest BCUT2D eigenvalue weighted by atomic mass is 10.1. The Kier molecular flexibility index (Phi) is 6.68. The summed E-state index contributed by atoms with van der Waals surface area (Å²) in [5.41, 5.74) is 8.69. The lowest BCUT2D eigenvalue weighted by Gasteiger charge is -2.18. The summed E-state index contributed by atoms with van der Waals surface area (Å²) in [6, 6.07) is 2.05. The normalized spacial score (nSPS) is 12.8. The summed E-state index contributed by atoms with van der Waals surface area (Å²) in [4.78, 5) is 39.8. The van der Waals surface area contributed by atoms with Crippen LogP contribution in [-0.2, 0) is 19.1 Å². The molecular formula is C13H16N4O5. The van der Waals surface area contributed by atoms with Crippen LogP contribution in [0.15, 0.2) is 18.3 Å². The zero-order chi connectivity index (χ0) is 16.5. The number of amides is 1. The number of aromatic amines is 1. The van der Waals surface area contributed by atoms with Crippen LogP contribution in [0.2, 0.25) is 0 Å². The van der Waals surface area contributed by atoms with Crippen LogP contribution in [0.25, 0.3) is 5.53 Å². The van der Waals surface area contributed by atoms with Gasteiger partial charge in [0.05, 0.1) is 5.69 Å². The molecule has 0 spiro atoms. The van der Waals surface area contributed by atoms with Crippen molar-refractivity contribution in [1.82, 2.24) is 10.3 Å². The first-order valence-electron chi connectivity index (χ1n) is 6.39. The second-order valence-corrected chi connectivity index (χ2v) is 4.39. The number of carboxylic acids is 1. The Morgan fingerprint density at radius 1 is 1.55 bits per heavy atom. The highest BCUT2D eigenvalue weighted by molar-refractivity contribution is 6.25. The molecule has 0 aliphatic carbocycles. The average molecular weight is 308 g/mol. The van der Waals surface area contributed by atoms with Gasteiger partial charge in [-0.2, -0.15) is 4.79 Å². The maximum Gasteiger partial charge on any atom is 0.326 e. The van der Waals surface area contributed by atoms with Crippen molar-refractivity contribution in [2.75, 3.05) is 7.11 Å². The van der Waals surface area contributed by atoms with Crippen LogP contribution < -0.4 is 5.32 Å². The highest BCUT2D eigenvalue weighted by atomic mass is 16.5. The molecule has 1 rings (SSSR count). The smallest absolute Gasteiger partial charge is 0.326 e. The van der Waals surface area contributed by atoms with E-state index in [1.54, 1.807) is 18.3 Å². The summed E-state index contributed by atoms with van der Waals surface area (Å²) in [5, 5.41) is 11.4. The number of carbonyl (C=O) groups is 3. The Morgan fingerprint density at radius 2 is 2.27 bits per heavy atom. The number of aromatic nitrogens is 1. The van der Waals surface area contributed by atoms with E-state index in [9.17, 15) is 14.4 Å². The van der Waals surface area contributed by atoms with Crippen LogP contribution in [0.5, 0.6) is 0 Å². The fourth-order valence-electron chi connectivity index (χ4n) is 1.80. The monoisotopic (exact) mass is 308 g/mol. The van der Waals surface area contributed by atoms with Crippen LogP contribution >= 0.6 is 0 Å². The lowest BCUT2D eigenvalue weighted by Crippen LogP contribution is -2.43. The van der Waals surface area contributed by atoms with Crippen molar-refractivity contribution < 1.29 is 29.0 Å². The SMILES string of the molecule is CO[C@H](C(=O)N[C@@H](CCC(=O)C=[N+]=[N-])C(=O)O)c1ccc[nH]1. The first kappa shape index (κ1) is 17.3. The maximum absolute atomic E-state index is 12.1. The molecule has 1 amide bonds. The number of hydrogen-bond acceptors (Lipinski definition) is 4. The van der Waals surface area contributed by atoms with Gasteiger partial charge < -0.3 is 25.7 Å². The molecule has 0 bridgehead atoms. The number of aliphatic carboxylic acids is 1. The zero-order valence-electron chi connectivity index (χ0n) is 11.9. The van der Waals surface area contributed by atoms with Crippen molar-refractivity contribution >= 4 is 23.9 Å². The molecular weight excluding hydrogens is 292 g/mol. The number of Topliss-reactive ketones (excluding diaryl/α,β-unsaturated/α-hetero) is 1. The van der Waals surface area contributed by atoms with Gasteiger partial charge in [0.25, 0.3) is 5.91 Å². The molecule has 0 aliphatic rings. The topological polar surface area (TPSA) is 145 Å². The molecule has 118 valence electrons. The molecule has 0 aromatic carbocycles. The van der Waals surface area contributed by atoms with Gasteiger partial charge in [-0.15, -0.1) is 0 Å². The molecule has 0 saturated carbocycles. The van der Waals surface area contributed by atoms with E-state index in [0.717, 1.165) is 0 Å². The number of nitrogens with zero attached hydrogens (tertiary/aromatic N) is 2. The number of methoxy groups -OCH3 is 1. The Bertz CT molecular complexity index is 577. The van der Waals surface area contributed by atoms with E-state index >= 15 is 0 Å². The largest absolute Gasteiger partial charge is 0.480 e. The van der Waals surface area contributed by atoms with Crippen molar-refractivity contribution in [3.8, 4) is 0 Å². The third kappa shape index (κ3) is 4.97. The fraction of sp³-hybridized carbons (Fsp3) is 0.385. The average Bonchev–Trinajstić information content (AvgIpc) is 2.98. The van der Waals surface area contributed by atoms with Crippen LogP contribution in [0.4, 0.5) is 0 Å². The van der Waals surface area contributed by atoms with Crippen molar-refractivity contribution in [3.63, 3.8) is 0 Å². The molecule has 2 atom stereocenters. The third-order valence-corrected chi connectivity index (χ3v) is 2.87. The Balaban J connectivity index is 2.69. The van der Waals surface area contributed by atoms with E-state index in [2.05, 4.69) is 15.1 Å². The summed E-state index contributed by atoms with van der Waals surface area (Å²) >= 11 is 0. The first-order valence-corrected chi connectivity index (χ1v) is 6.39. The van der Waals surface area contributed by atoms with Gasteiger partial charge in [0.15, 0.2) is 6.10 Å². The van der Waals surface area contributed by atoms with Crippen LogP contribution in [0, 0.1) is 0 Å². The number of ether oxygens (including phenoxy) is 1. The minimum absolute atomic E-state index is 0.132. The number of carbonyl (C=O) groups excluding carboxylic acids is 2. The van der Waals surface area contributed by atoms with Gasteiger partial charge in [0.2, 0.25) is 5.78 Å². The van der Waals surface area contributed by atoms with Crippen molar-refractivity contribution in [1.29, 1.82) is 0 Å². The van der Waals surface area contributed by atoms with Gasteiger partial charge in [0, 0.05) is 19.7 Å². The number of ketones is 1. The Morgan fingerprint density at radius 3 is 2.77 bits per heavy atom. The molecule has 1 heterocycles. The number of rotatable bonds is 9. The summed E-state index contributed by atoms with van der Waals surface area (Å²) in [6.07, 6.45) is 0.995. The van der Waals surface area contributed by atoms with E-state index in [0.29, 0.717) is 11.9 Å². The van der Waals surface area contributed by atoms with E-state index in [1.807, 2.05) is 0 Å². The minimum Gasteiger partial charge on any atom is -0.480 e. The molecule has 9 nitrogen and oxygen atoms in total. The van der Waals surface area contributed by atoms with Crippen LogP contribution in [-0.4, -0.2) is 51.9 Å². The van der Waals surface area contributed by atoms with Gasteiger partial charge in [-0.25, -0.2) is 4.79 Å². The lowest BCUT2D eigenvalue weighted by molar-refractivity contribution is -0.144. The molecule has 1 aromatic heterocycles. The summed E-state index contributed by atoms with van der Waals surface area (Å²) < 4.78 is 5.04. The molecule has 3 N–H and O–H groups in total. The molecule has 0 radical (unpaired) electrons. The predicted octanol–water partition coefficient (Wildman–Crippen LogP) is -0.0785. The summed E-state index contributed by atoms with van der Waals surface area (Å²) in [6.45, 7) is 0. The number of nitrogens with one attached hydrogen (secondary N) is 2. The van der Waals surface area contributed by atoms with Gasteiger partial charge >= 0.3 is 12.2 Å². The number of carboxylic acid groups (broad SMARTS) is 1. The minimum atomic E-state index is -1.27. The zero-order valence-corrected chi connectivity index (χ0v) is 11.9. The van der Waals surface area contributed by atoms with E-state index in [4.69, 9.17) is 15.4 Å². The van der Waals surface area contributed by atoms with Gasteiger partial charge in [-0.05, 0) is 18.6 Å². The van der Waals surface area contributed by atoms with Crippen molar-refractivity contribution in [3.05, 3.63) is 29.6 Å². The van der Waals surface area contributed by atoms with Crippen LogP contribution in [0.1, 0.15) is 24.6 Å². The number of H-pyrrole nitrogens is 1. The molecule has 1 aromatic rings. The molecule has 9 heteroatoms. The van der Waals surface area contributed by atoms with Crippen molar-refractivity contribution in [2.45, 2.75) is 25.0 Å². The number of hydrogen-bond donors (Lipinski definition) is 3. The molecule has 22 heavy (non-hydrogen) atoms. The highest BCUT2D eigenvalue weighted by Gasteiger charge is 2.27. The summed E-state index contributed by atoms with van der Waals surface area (Å²) in [5.74, 6) is -2.46. The second kappa shape index (κ2) is 8.50. The molecule has 0 aliphatic heterocycles. The van der Waals surface area contributed by atoms with E-state index < -0.39 is 29.8 Å². The summed E-state index contributed by atoms with van der Waals surface area (Å²) in [7, 11) is 1.32. The van der Waals surface area contributed by atoms with Gasteiger partial charge in [-0.3, -0.25) is 9.59 Å². The van der Waals surface area contributed by atoms with Crippen LogP contribution in [0.3, 0.4) is 0 Å². The van der Waals surface area contributed by atoms with Gasteiger partial charge in [-0.1, -0.05) is 0 Å². The first-order chi connectivity index (χ1) is 10.5. The quantitative estimate of drug-likeness (QED) is 0.332. The standard InChI is InChI=1S/C13H16N4O5/c1-22-11(9-3-2-6-15-9)12(19)17-10(13(20)21)5-4-8(18)7-16-14/h2-3,6-7,10-11,15H,4-5H2,1H3,(H,17,19)(H,20,21)/t10-,11-/m0/s1. The third-order valence-electron chi connectivity index (χ3n) is 2.87. The van der Waals surface area contributed by atoms with E-state index in [-0.39, 0.29) is 12.8 Å². The second-order valence-electron chi connectivity index (χ2n) is 4.39. The van der Waals surface area contributed by atoms with Crippen molar-refractivity contribution in [2.24, 2.45) is 0 Å². The Hall–Kier alpha value is -2.77. The molecule has 0 unspecified atom stereocenters. The Labute approximate surface area is 125 Å². The molecule has 0 fully saturated rings. The van der Waals surface area contributed by atoms with E-state index in [1.165, 1.54) is 7.11 Å². The fourth-order valence-corrected chi connectivity index (χ4v) is 1.80.